The summed E-state index contributed by atoms with van der Waals surface area (Å²) in [5.74, 6) is -1.35. The van der Waals surface area contributed by atoms with Crippen LogP contribution in [0.4, 0.5) is 0 Å². The lowest BCUT2D eigenvalue weighted by atomic mass is 10.1. The van der Waals surface area contributed by atoms with Gasteiger partial charge in [-0.25, -0.2) is 0 Å². The van der Waals surface area contributed by atoms with E-state index in [1.54, 1.807) is 23.9 Å². The van der Waals surface area contributed by atoms with E-state index >= 15 is 0 Å². The maximum absolute atomic E-state index is 11.5. The molecule has 3 nitrogen and oxygen atoms in total. The summed E-state index contributed by atoms with van der Waals surface area (Å²) in [4.78, 5) is 22.7. The van der Waals surface area contributed by atoms with Gasteiger partial charge >= 0.3 is 0 Å². The monoisotopic (exact) mass is 223 g/mol. The van der Waals surface area contributed by atoms with Crippen molar-refractivity contribution in [1.82, 2.24) is 0 Å². The van der Waals surface area contributed by atoms with Crippen LogP contribution in [-0.2, 0) is 4.79 Å². The highest BCUT2D eigenvalue weighted by Gasteiger charge is 2.05. The van der Waals surface area contributed by atoms with Crippen molar-refractivity contribution in [3.8, 4) is 0 Å². The molecule has 1 rings (SSSR count). The number of hydrogen-bond acceptors (Lipinski definition) is 4. The quantitative estimate of drug-likeness (QED) is 0.554. The van der Waals surface area contributed by atoms with Gasteiger partial charge in [-0.1, -0.05) is 12.1 Å². The van der Waals surface area contributed by atoms with Crippen LogP contribution >= 0.6 is 11.8 Å². The Labute approximate surface area is 92.5 Å². The van der Waals surface area contributed by atoms with Crippen molar-refractivity contribution in [1.29, 1.82) is 0 Å². The number of carboxylic acid groups (broad SMARTS) is 1. The molecule has 0 aromatic heterocycles. The molecule has 0 bridgehead atoms. The number of hydrogen-bond donors (Lipinski definition) is 0. The number of rotatable bonds is 5. The van der Waals surface area contributed by atoms with E-state index in [0.29, 0.717) is 5.56 Å². The molecule has 0 saturated carbocycles. The number of Topliss-reactive ketones (excluding diaryl/α,β-unsaturated/α-hetero) is 1. The molecular weight excluding hydrogens is 212 g/mol. The Kier molecular flexibility index (Phi) is 4.37. The highest BCUT2D eigenvalue weighted by Crippen LogP contribution is 2.15. The lowest BCUT2D eigenvalue weighted by Crippen LogP contribution is -2.22. The minimum absolute atomic E-state index is 0.000940. The maximum Gasteiger partial charge on any atom is 0.163 e. The van der Waals surface area contributed by atoms with Gasteiger partial charge in [0.15, 0.2) is 5.78 Å². The van der Waals surface area contributed by atoms with Crippen molar-refractivity contribution in [2.75, 3.05) is 6.26 Å². The summed E-state index contributed by atoms with van der Waals surface area (Å²) in [6.07, 6.45) is 1.73. The van der Waals surface area contributed by atoms with E-state index in [2.05, 4.69) is 0 Å². The summed E-state index contributed by atoms with van der Waals surface area (Å²) in [5, 5.41) is 10.2. The zero-order valence-corrected chi connectivity index (χ0v) is 9.17. The van der Waals surface area contributed by atoms with Crippen LogP contribution in [0.15, 0.2) is 29.2 Å². The third kappa shape index (κ3) is 3.75. The number of ketones is 1. The first-order chi connectivity index (χ1) is 7.13. The molecule has 0 aliphatic carbocycles. The predicted octanol–water partition coefficient (Wildman–Crippen LogP) is 1.12. The molecule has 0 atom stereocenters. The Morgan fingerprint density at radius 1 is 1.20 bits per heavy atom. The van der Waals surface area contributed by atoms with Crippen molar-refractivity contribution in [2.24, 2.45) is 0 Å². The van der Waals surface area contributed by atoms with Gasteiger partial charge in [-0.05, 0) is 24.8 Å². The second-order valence-electron chi connectivity index (χ2n) is 3.02. The highest BCUT2D eigenvalue weighted by molar-refractivity contribution is 7.98. The van der Waals surface area contributed by atoms with Crippen molar-refractivity contribution in [3.63, 3.8) is 0 Å². The van der Waals surface area contributed by atoms with Crippen LogP contribution < -0.4 is 5.11 Å². The zero-order chi connectivity index (χ0) is 11.3. The van der Waals surface area contributed by atoms with Crippen LogP contribution in [0.25, 0.3) is 0 Å². The van der Waals surface area contributed by atoms with E-state index in [-0.39, 0.29) is 18.6 Å². The van der Waals surface area contributed by atoms with E-state index in [1.165, 1.54) is 0 Å². The van der Waals surface area contributed by atoms with E-state index < -0.39 is 5.97 Å². The molecule has 1 aromatic carbocycles. The molecule has 1 aromatic rings. The van der Waals surface area contributed by atoms with Crippen LogP contribution in [0.1, 0.15) is 23.2 Å². The fourth-order valence-corrected chi connectivity index (χ4v) is 1.55. The predicted molar refractivity (Wildman–Crippen MR) is 56.8 cm³/mol. The summed E-state index contributed by atoms with van der Waals surface area (Å²) < 4.78 is 0. The highest BCUT2D eigenvalue weighted by atomic mass is 32.2. The minimum atomic E-state index is -1.19. The summed E-state index contributed by atoms with van der Waals surface area (Å²) in [6, 6.07) is 7.11. The average Bonchev–Trinajstić information content (AvgIpc) is 2.26. The van der Waals surface area contributed by atoms with Crippen molar-refractivity contribution < 1.29 is 14.7 Å². The standard InChI is InChI=1S/C11H12O3S/c1-15-9-4-2-8(3-5-9)10(12)6-7-11(13)14/h2-5H,6-7H2,1H3,(H,13,14)/p-1. The average molecular weight is 223 g/mol. The molecule has 0 saturated heterocycles. The Morgan fingerprint density at radius 2 is 1.80 bits per heavy atom. The number of benzene rings is 1. The van der Waals surface area contributed by atoms with Crippen molar-refractivity contribution >= 4 is 23.5 Å². The van der Waals surface area contributed by atoms with Crippen LogP contribution in [0.3, 0.4) is 0 Å². The summed E-state index contributed by atoms with van der Waals surface area (Å²) >= 11 is 1.59. The Morgan fingerprint density at radius 3 is 2.27 bits per heavy atom. The molecular formula is C11H11O3S-. The summed E-state index contributed by atoms with van der Waals surface area (Å²) in [6.45, 7) is 0. The van der Waals surface area contributed by atoms with Gasteiger partial charge in [-0.2, -0.15) is 0 Å². The normalized spacial score (nSPS) is 9.93. The second kappa shape index (κ2) is 5.56. The second-order valence-corrected chi connectivity index (χ2v) is 3.90. The molecule has 80 valence electrons. The lowest BCUT2D eigenvalue weighted by Gasteiger charge is -2.02. The van der Waals surface area contributed by atoms with Gasteiger partial charge < -0.3 is 9.90 Å². The minimum Gasteiger partial charge on any atom is -0.550 e. The van der Waals surface area contributed by atoms with Gasteiger partial charge in [0.1, 0.15) is 0 Å². The number of carbonyl (C=O) groups is 2. The van der Waals surface area contributed by atoms with Crippen molar-refractivity contribution in [2.45, 2.75) is 17.7 Å². The van der Waals surface area contributed by atoms with Gasteiger partial charge in [0.2, 0.25) is 0 Å². The van der Waals surface area contributed by atoms with E-state index in [4.69, 9.17) is 0 Å². The summed E-state index contributed by atoms with van der Waals surface area (Å²) in [5.41, 5.74) is 0.550. The fourth-order valence-electron chi connectivity index (χ4n) is 1.14. The third-order valence-electron chi connectivity index (χ3n) is 1.97. The molecule has 0 amide bonds. The Bertz CT molecular complexity index is 357. The van der Waals surface area contributed by atoms with Crippen molar-refractivity contribution in [3.05, 3.63) is 29.8 Å². The molecule has 0 fully saturated rings. The van der Waals surface area contributed by atoms with E-state index in [1.807, 2.05) is 18.4 Å². The molecule has 0 radical (unpaired) electrons. The molecule has 15 heavy (non-hydrogen) atoms. The molecule has 0 unspecified atom stereocenters. The lowest BCUT2D eigenvalue weighted by molar-refractivity contribution is -0.305. The first kappa shape index (κ1) is 11.8. The van der Waals surface area contributed by atoms with Gasteiger partial charge in [-0.3, -0.25) is 4.79 Å². The molecule has 0 aliphatic heterocycles. The Hall–Kier alpha value is -1.29. The molecule has 0 N–H and O–H groups in total. The molecule has 4 heteroatoms. The fraction of sp³-hybridized carbons (Fsp3) is 0.273. The topological polar surface area (TPSA) is 57.2 Å². The largest absolute Gasteiger partial charge is 0.550 e. The first-order valence-electron chi connectivity index (χ1n) is 4.50. The first-order valence-corrected chi connectivity index (χ1v) is 5.73. The van der Waals surface area contributed by atoms with E-state index in [0.717, 1.165) is 4.90 Å². The van der Waals surface area contributed by atoms with E-state index in [9.17, 15) is 14.7 Å². The zero-order valence-electron chi connectivity index (χ0n) is 8.36. The Balaban J connectivity index is 2.62. The SMILES string of the molecule is CSc1ccc(C(=O)CCC(=O)[O-])cc1. The van der Waals surface area contributed by atoms with Crippen LogP contribution in [0.2, 0.25) is 0 Å². The van der Waals surface area contributed by atoms with Gasteiger partial charge in [0.05, 0.1) is 0 Å². The van der Waals surface area contributed by atoms with Gasteiger partial charge in [0.25, 0.3) is 0 Å². The smallest absolute Gasteiger partial charge is 0.163 e. The van der Waals surface area contributed by atoms with Crippen LogP contribution in [-0.4, -0.2) is 18.0 Å². The third-order valence-corrected chi connectivity index (χ3v) is 2.71. The molecule has 0 heterocycles. The van der Waals surface area contributed by atoms with Crippen LogP contribution in [0, 0.1) is 0 Å². The number of carbonyl (C=O) groups excluding carboxylic acids is 2. The number of carboxylic acids is 1. The van der Waals surface area contributed by atoms with Gasteiger partial charge in [0, 0.05) is 22.8 Å². The number of aliphatic carboxylic acids is 1. The molecule has 0 spiro atoms. The number of thioether (sulfide) groups is 1. The van der Waals surface area contributed by atoms with Gasteiger partial charge in [-0.15, -0.1) is 11.8 Å². The van der Waals surface area contributed by atoms with Crippen LogP contribution in [0.5, 0.6) is 0 Å². The molecule has 0 aliphatic rings. The maximum atomic E-state index is 11.5. The summed E-state index contributed by atoms with van der Waals surface area (Å²) in [7, 11) is 0.